The van der Waals surface area contributed by atoms with Crippen molar-refractivity contribution in [3.05, 3.63) is 29.3 Å². The fraction of sp³-hybridized carbons (Fsp3) is 0.562. The Labute approximate surface area is 111 Å². The van der Waals surface area contributed by atoms with Crippen LogP contribution in [0.2, 0.25) is 0 Å². The highest BCUT2D eigenvalue weighted by Gasteiger charge is 2.27. The van der Waals surface area contributed by atoms with Crippen molar-refractivity contribution in [2.24, 2.45) is 5.41 Å². The number of benzene rings is 1. The molecule has 1 aromatic carbocycles. The van der Waals surface area contributed by atoms with Gasteiger partial charge in [-0.2, -0.15) is 0 Å². The van der Waals surface area contributed by atoms with Crippen molar-refractivity contribution >= 4 is 12.0 Å². The van der Waals surface area contributed by atoms with Crippen LogP contribution in [0.3, 0.4) is 0 Å². The number of carbonyl (C=O) groups excluding carboxylic acids is 1. The Bertz CT molecular complexity index is 408. The third-order valence-electron chi connectivity index (χ3n) is 3.97. The second-order valence-electron chi connectivity index (χ2n) is 5.33. The summed E-state index contributed by atoms with van der Waals surface area (Å²) in [6, 6.07) is 6.46. The van der Waals surface area contributed by atoms with E-state index in [2.05, 4.69) is 57.8 Å². The third kappa shape index (κ3) is 3.12. The lowest BCUT2D eigenvalue weighted by Gasteiger charge is -2.32. The normalized spacial score (nSPS) is 11.4. The van der Waals surface area contributed by atoms with Gasteiger partial charge in [-0.3, -0.25) is 0 Å². The highest BCUT2D eigenvalue weighted by atomic mass is 16.1. The first-order chi connectivity index (χ1) is 8.48. The van der Waals surface area contributed by atoms with Gasteiger partial charge < -0.3 is 9.69 Å². The molecule has 2 nitrogen and oxygen atoms in total. The van der Waals surface area contributed by atoms with Crippen molar-refractivity contribution in [1.29, 1.82) is 0 Å². The van der Waals surface area contributed by atoms with E-state index in [1.165, 1.54) is 16.8 Å². The lowest BCUT2D eigenvalue weighted by Crippen LogP contribution is -2.36. The van der Waals surface area contributed by atoms with Crippen molar-refractivity contribution in [2.45, 2.75) is 40.5 Å². The van der Waals surface area contributed by atoms with Crippen LogP contribution in [-0.2, 0) is 4.79 Å². The van der Waals surface area contributed by atoms with Crippen molar-refractivity contribution < 1.29 is 4.79 Å². The minimum atomic E-state index is -0.216. The predicted molar refractivity (Wildman–Crippen MR) is 78.3 cm³/mol. The molecular weight excluding hydrogens is 222 g/mol. The lowest BCUT2D eigenvalue weighted by atomic mass is 9.83. The summed E-state index contributed by atoms with van der Waals surface area (Å²) in [7, 11) is 2.07. The number of nitrogens with zero attached hydrogens (tertiary/aromatic N) is 1. The molecule has 0 bridgehead atoms. The van der Waals surface area contributed by atoms with E-state index in [1.807, 2.05) is 0 Å². The first kappa shape index (κ1) is 14.7. The minimum absolute atomic E-state index is 0.216. The number of carbonyl (C=O) groups is 1. The van der Waals surface area contributed by atoms with E-state index in [9.17, 15) is 4.79 Å². The Morgan fingerprint density at radius 2 is 1.83 bits per heavy atom. The molecule has 18 heavy (non-hydrogen) atoms. The molecule has 0 heterocycles. The van der Waals surface area contributed by atoms with Gasteiger partial charge in [0.15, 0.2) is 0 Å². The van der Waals surface area contributed by atoms with Crippen LogP contribution in [0.5, 0.6) is 0 Å². The average Bonchev–Trinajstić information content (AvgIpc) is 2.36. The summed E-state index contributed by atoms with van der Waals surface area (Å²) in [5, 5.41) is 0. The van der Waals surface area contributed by atoms with Gasteiger partial charge in [0.1, 0.15) is 6.29 Å². The molecule has 0 aliphatic rings. The van der Waals surface area contributed by atoms with Gasteiger partial charge in [0.25, 0.3) is 0 Å². The Morgan fingerprint density at radius 1 is 1.22 bits per heavy atom. The van der Waals surface area contributed by atoms with Crippen LogP contribution >= 0.6 is 0 Å². The number of rotatable bonds is 6. The van der Waals surface area contributed by atoms with Crippen molar-refractivity contribution in [3.63, 3.8) is 0 Å². The van der Waals surface area contributed by atoms with E-state index in [4.69, 9.17) is 0 Å². The van der Waals surface area contributed by atoms with Gasteiger partial charge in [-0.1, -0.05) is 31.5 Å². The molecule has 0 unspecified atom stereocenters. The zero-order valence-corrected chi connectivity index (χ0v) is 12.3. The predicted octanol–water partition coefficient (Wildman–Crippen LogP) is 3.74. The van der Waals surface area contributed by atoms with Crippen LogP contribution in [0.1, 0.15) is 37.8 Å². The summed E-state index contributed by atoms with van der Waals surface area (Å²) in [6.07, 6.45) is 2.91. The van der Waals surface area contributed by atoms with Gasteiger partial charge >= 0.3 is 0 Å². The average molecular weight is 247 g/mol. The largest absolute Gasteiger partial charge is 0.373 e. The topological polar surface area (TPSA) is 20.3 Å². The molecule has 2 heteroatoms. The summed E-state index contributed by atoms with van der Waals surface area (Å²) < 4.78 is 0. The molecule has 0 saturated carbocycles. The molecule has 0 atom stereocenters. The van der Waals surface area contributed by atoms with Gasteiger partial charge in [-0.15, -0.1) is 0 Å². The minimum Gasteiger partial charge on any atom is -0.373 e. The molecule has 0 amide bonds. The first-order valence-electron chi connectivity index (χ1n) is 6.72. The Kier molecular flexibility index (Phi) is 4.94. The maximum atomic E-state index is 11.4. The van der Waals surface area contributed by atoms with Crippen molar-refractivity contribution in [3.8, 4) is 0 Å². The zero-order valence-electron chi connectivity index (χ0n) is 12.3. The highest BCUT2D eigenvalue weighted by molar-refractivity contribution is 5.62. The Hall–Kier alpha value is -1.31. The Morgan fingerprint density at radius 3 is 2.28 bits per heavy atom. The molecule has 1 aromatic rings. The second kappa shape index (κ2) is 6.03. The van der Waals surface area contributed by atoms with Crippen LogP contribution < -0.4 is 4.90 Å². The van der Waals surface area contributed by atoms with Gasteiger partial charge in [0, 0.05) is 24.7 Å². The number of anilines is 1. The first-order valence-corrected chi connectivity index (χ1v) is 6.72. The molecule has 0 N–H and O–H groups in total. The highest BCUT2D eigenvalue weighted by Crippen LogP contribution is 2.28. The van der Waals surface area contributed by atoms with Crippen molar-refractivity contribution in [2.75, 3.05) is 18.5 Å². The fourth-order valence-corrected chi connectivity index (χ4v) is 2.47. The summed E-state index contributed by atoms with van der Waals surface area (Å²) >= 11 is 0. The summed E-state index contributed by atoms with van der Waals surface area (Å²) in [5.41, 5.74) is 3.54. The Balaban J connectivity index is 2.93. The molecule has 0 spiro atoms. The maximum absolute atomic E-state index is 11.4. The SMILES string of the molecule is CCC(C=O)(CC)CN(C)c1ccc(C)cc1C. The van der Waals surface area contributed by atoms with Crippen LogP contribution in [0, 0.1) is 19.3 Å². The number of aldehydes is 1. The van der Waals surface area contributed by atoms with Gasteiger partial charge in [0.2, 0.25) is 0 Å². The molecule has 100 valence electrons. The fourth-order valence-electron chi connectivity index (χ4n) is 2.47. The van der Waals surface area contributed by atoms with Gasteiger partial charge in [0.05, 0.1) is 0 Å². The van der Waals surface area contributed by atoms with E-state index in [-0.39, 0.29) is 5.41 Å². The van der Waals surface area contributed by atoms with Crippen LogP contribution in [0.15, 0.2) is 18.2 Å². The van der Waals surface area contributed by atoms with E-state index in [1.54, 1.807) is 0 Å². The second-order valence-corrected chi connectivity index (χ2v) is 5.33. The summed E-state index contributed by atoms with van der Waals surface area (Å²) in [5.74, 6) is 0. The third-order valence-corrected chi connectivity index (χ3v) is 3.97. The van der Waals surface area contributed by atoms with Crippen LogP contribution in [-0.4, -0.2) is 19.9 Å². The molecule has 0 aromatic heterocycles. The number of hydrogen-bond acceptors (Lipinski definition) is 2. The van der Waals surface area contributed by atoms with Gasteiger partial charge in [-0.25, -0.2) is 0 Å². The van der Waals surface area contributed by atoms with E-state index in [0.29, 0.717) is 0 Å². The van der Waals surface area contributed by atoms with E-state index >= 15 is 0 Å². The molecule has 0 aliphatic heterocycles. The monoisotopic (exact) mass is 247 g/mol. The zero-order chi connectivity index (χ0) is 13.8. The number of aryl methyl sites for hydroxylation is 2. The molecule has 0 saturated heterocycles. The standard InChI is InChI=1S/C16H25NO/c1-6-16(7-2,12-18)11-17(5)15-9-8-13(3)10-14(15)4/h8-10,12H,6-7,11H2,1-5H3. The quantitative estimate of drug-likeness (QED) is 0.714. The maximum Gasteiger partial charge on any atom is 0.127 e. The molecule has 1 rings (SSSR count). The molecular formula is C16H25NO. The summed E-state index contributed by atoms with van der Waals surface area (Å²) in [4.78, 5) is 13.6. The number of hydrogen-bond donors (Lipinski definition) is 0. The molecule has 0 fully saturated rings. The van der Waals surface area contributed by atoms with Crippen LogP contribution in [0.25, 0.3) is 0 Å². The van der Waals surface area contributed by atoms with Gasteiger partial charge in [-0.05, 0) is 38.3 Å². The van der Waals surface area contributed by atoms with Crippen molar-refractivity contribution in [1.82, 2.24) is 0 Å². The van der Waals surface area contributed by atoms with Crippen LogP contribution in [0.4, 0.5) is 5.69 Å². The van der Waals surface area contributed by atoms with E-state index < -0.39 is 0 Å². The molecule has 0 aliphatic carbocycles. The summed E-state index contributed by atoms with van der Waals surface area (Å²) in [6.45, 7) is 9.19. The smallest absolute Gasteiger partial charge is 0.127 e. The van der Waals surface area contributed by atoms with E-state index in [0.717, 1.165) is 25.7 Å². The molecule has 0 radical (unpaired) electrons. The lowest BCUT2D eigenvalue weighted by molar-refractivity contribution is -0.116.